The SMILES string of the molecule is CCCCC/C=C\C[C@H](O)[C@@H](O)CCCCCCCC(=O)N[C@@H](COP(=O)(O)OCC[N+](C)(C)C)[C@H](O)CCCCCCCCCCCCCCC. The van der Waals surface area contributed by atoms with Crippen molar-refractivity contribution in [1.29, 1.82) is 0 Å². The molecule has 0 aromatic rings. The van der Waals surface area contributed by atoms with Crippen LogP contribution in [-0.2, 0) is 18.4 Å². The van der Waals surface area contributed by atoms with E-state index in [0.717, 1.165) is 57.8 Å². The molecule has 0 aliphatic heterocycles. The average Bonchev–Trinajstić information content (AvgIpc) is 3.08. The number of amides is 1. The minimum Gasteiger partial charge on any atom is -0.391 e. The summed E-state index contributed by atoms with van der Waals surface area (Å²) < 4.78 is 23.5. The Morgan fingerprint density at radius 1 is 0.654 bits per heavy atom. The zero-order chi connectivity index (χ0) is 38.9. The quantitative estimate of drug-likeness (QED) is 0.0181. The summed E-state index contributed by atoms with van der Waals surface area (Å²) in [5.41, 5.74) is 0. The molecule has 5 N–H and O–H groups in total. The number of aliphatic hydroxyl groups is 3. The number of carbonyl (C=O) groups excluding carboxylic acids is 1. The Labute approximate surface area is 319 Å². The molecule has 0 heterocycles. The van der Waals surface area contributed by atoms with Crippen molar-refractivity contribution in [3.63, 3.8) is 0 Å². The van der Waals surface area contributed by atoms with Crippen LogP contribution in [-0.4, -0.2) is 95.9 Å². The highest BCUT2D eigenvalue weighted by Crippen LogP contribution is 2.43. The number of nitrogens with zero attached hydrogens (tertiary/aromatic N) is 1. The summed E-state index contributed by atoms with van der Waals surface area (Å²) in [4.78, 5) is 23.1. The second-order valence-electron chi connectivity index (χ2n) is 16.0. The van der Waals surface area contributed by atoms with Crippen molar-refractivity contribution in [2.75, 3.05) is 40.9 Å². The van der Waals surface area contributed by atoms with Crippen LogP contribution >= 0.6 is 7.82 Å². The number of hydrogen-bond acceptors (Lipinski definition) is 7. The molecular formula is C41H84N2O8P+. The normalized spacial score (nSPS) is 15.8. The lowest BCUT2D eigenvalue weighted by Gasteiger charge is -2.26. The van der Waals surface area contributed by atoms with E-state index in [4.69, 9.17) is 9.05 Å². The second-order valence-corrected chi connectivity index (χ2v) is 17.5. The molecule has 0 aliphatic carbocycles. The van der Waals surface area contributed by atoms with E-state index in [1.807, 2.05) is 27.2 Å². The van der Waals surface area contributed by atoms with Gasteiger partial charge in [-0.2, -0.15) is 0 Å². The van der Waals surface area contributed by atoms with Crippen molar-refractivity contribution in [3.05, 3.63) is 12.2 Å². The number of hydrogen-bond donors (Lipinski definition) is 5. The van der Waals surface area contributed by atoms with Gasteiger partial charge in [-0.15, -0.1) is 0 Å². The van der Waals surface area contributed by atoms with E-state index in [2.05, 4.69) is 25.2 Å². The lowest BCUT2D eigenvalue weighted by atomic mass is 10.0. The molecule has 0 fully saturated rings. The molecule has 310 valence electrons. The number of unbranched alkanes of at least 4 members (excludes halogenated alkanes) is 19. The number of phosphoric acid groups is 1. The van der Waals surface area contributed by atoms with Crippen molar-refractivity contribution in [2.24, 2.45) is 0 Å². The topological polar surface area (TPSA) is 146 Å². The Morgan fingerprint density at radius 2 is 1.13 bits per heavy atom. The lowest BCUT2D eigenvalue weighted by molar-refractivity contribution is -0.870. The fourth-order valence-electron chi connectivity index (χ4n) is 6.13. The van der Waals surface area contributed by atoms with Gasteiger partial charge in [0.2, 0.25) is 5.91 Å². The Morgan fingerprint density at radius 3 is 1.67 bits per heavy atom. The van der Waals surface area contributed by atoms with Crippen LogP contribution < -0.4 is 5.32 Å². The Kier molecular flexibility index (Phi) is 33.0. The second kappa shape index (κ2) is 33.5. The highest BCUT2D eigenvalue weighted by atomic mass is 31.2. The average molecular weight is 764 g/mol. The van der Waals surface area contributed by atoms with Crippen LogP contribution in [0.4, 0.5) is 0 Å². The van der Waals surface area contributed by atoms with Crippen LogP contribution in [0.3, 0.4) is 0 Å². The van der Waals surface area contributed by atoms with Gasteiger partial charge in [0.1, 0.15) is 13.2 Å². The van der Waals surface area contributed by atoms with Crippen LogP contribution in [0.5, 0.6) is 0 Å². The Bertz CT molecular complexity index is 901. The van der Waals surface area contributed by atoms with Gasteiger partial charge in [-0.25, -0.2) is 4.57 Å². The van der Waals surface area contributed by atoms with Gasteiger partial charge in [-0.05, 0) is 38.5 Å². The molecule has 0 saturated carbocycles. The third-order valence-corrected chi connectivity index (χ3v) is 10.7. The van der Waals surface area contributed by atoms with Crippen LogP contribution in [0.2, 0.25) is 0 Å². The predicted octanol–water partition coefficient (Wildman–Crippen LogP) is 9.13. The van der Waals surface area contributed by atoms with Gasteiger partial charge in [0.15, 0.2) is 0 Å². The van der Waals surface area contributed by atoms with Crippen molar-refractivity contribution < 1.29 is 43.1 Å². The first kappa shape index (κ1) is 51.2. The van der Waals surface area contributed by atoms with E-state index >= 15 is 0 Å². The molecule has 0 bridgehead atoms. The number of carbonyl (C=O) groups is 1. The van der Waals surface area contributed by atoms with E-state index in [1.165, 1.54) is 77.0 Å². The Balaban J connectivity index is 4.53. The highest BCUT2D eigenvalue weighted by Gasteiger charge is 2.28. The molecule has 5 atom stereocenters. The van der Waals surface area contributed by atoms with Gasteiger partial charge in [0.25, 0.3) is 0 Å². The maximum atomic E-state index is 12.9. The first-order valence-corrected chi connectivity index (χ1v) is 22.7. The van der Waals surface area contributed by atoms with Gasteiger partial charge in [-0.3, -0.25) is 13.8 Å². The number of phosphoric ester groups is 1. The molecule has 0 radical (unpaired) electrons. The number of rotatable bonds is 38. The number of aliphatic hydroxyl groups excluding tert-OH is 3. The van der Waals surface area contributed by atoms with Crippen LogP contribution in [0.1, 0.15) is 181 Å². The predicted molar refractivity (Wildman–Crippen MR) is 215 cm³/mol. The van der Waals surface area contributed by atoms with Crippen LogP contribution in [0.25, 0.3) is 0 Å². The summed E-state index contributed by atoms with van der Waals surface area (Å²) in [7, 11) is 1.52. The van der Waals surface area contributed by atoms with Crippen molar-refractivity contribution in [2.45, 2.75) is 205 Å². The van der Waals surface area contributed by atoms with E-state index < -0.39 is 32.2 Å². The molecule has 0 saturated heterocycles. The minimum absolute atomic E-state index is 0.0475. The summed E-state index contributed by atoms with van der Waals surface area (Å²) >= 11 is 0. The van der Waals surface area contributed by atoms with E-state index in [9.17, 15) is 29.6 Å². The zero-order valence-electron chi connectivity index (χ0n) is 34.3. The van der Waals surface area contributed by atoms with E-state index in [0.29, 0.717) is 36.7 Å². The molecule has 1 amide bonds. The summed E-state index contributed by atoms with van der Waals surface area (Å²) in [5, 5.41) is 34.4. The monoisotopic (exact) mass is 764 g/mol. The fraction of sp³-hybridized carbons (Fsp3) is 0.927. The summed E-state index contributed by atoms with van der Waals surface area (Å²) in [5.74, 6) is -0.224. The highest BCUT2D eigenvalue weighted by molar-refractivity contribution is 7.47. The van der Waals surface area contributed by atoms with Gasteiger partial charge in [0.05, 0.1) is 52.1 Å². The maximum Gasteiger partial charge on any atom is 0.472 e. The van der Waals surface area contributed by atoms with Gasteiger partial charge in [0, 0.05) is 6.42 Å². The molecular weight excluding hydrogens is 679 g/mol. The summed E-state index contributed by atoms with van der Waals surface area (Å²) in [6.07, 6.45) is 28.2. The number of quaternary nitrogens is 1. The van der Waals surface area contributed by atoms with Crippen LogP contribution in [0.15, 0.2) is 12.2 Å². The van der Waals surface area contributed by atoms with E-state index in [1.54, 1.807) is 0 Å². The molecule has 0 aromatic carbocycles. The third kappa shape index (κ3) is 33.7. The molecule has 0 aliphatic rings. The molecule has 11 heteroatoms. The molecule has 10 nitrogen and oxygen atoms in total. The standard InChI is InChI=1S/C41H83N2O8P/c1-6-8-10-12-14-15-16-17-18-19-20-23-26-30-38(44)37(36-51-52(48,49)50-35-34-43(3,4)5)42-41(47)33-29-25-21-24-28-32-40(46)39(45)31-27-22-13-11-9-7-2/h22,27,37-40,44-46H,6-21,23-26,28-36H2,1-5H3,(H-,42,47,48,49)/p+1/b27-22-/t37-,38+,39-,40-/m0/s1. The smallest absolute Gasteiger partial charge is 0.391 e. The van der Waals surface area contributed by atoms with Crippen molar-refractivity contribution >= 4 is 13.7 Å². The minimum atomic E-state index is -4.35. The summed E-state index contributed by atoms with van der Waals surface area (Å²) in [6.45, 7) is 4.68. The fourth-order valence-corrected chi connectivity index (χ4v) is 6.86. The first-order chi connectivity index (χ1) is 24.8. The first-order valence-electron chi connectivity index (χ1n) is 21.2. The van der Waals surface area contributed by atoms with Crippen molar-refractivity contribution in [1.82, 2.24) is 5.32 Å². The lowest BCUT2D eigenvalue weighted by Crippen LogP contribution is -2.46. The number of likely N-dealkylation sites (N-methyl/N-ethyl adjacent to an activating group) is 1. The number of allylic oxidation sites excluding steroid dienone is 1. The van der Waals surface area contributed by atoms with E-state index in [-0.39, 0.29) is 25.5 Å². The third-order valence-electron chi connectivity index (χ3n) is 9.71. The molecule has 0 rings (SSSR count). The van der Waals surface area contributed by atoms with Crippen molar-refractivity contribution in [3.8, 4) is 0 Å². The molecule has 1 unspecified atom stereocenters. The van der Waals surface area contributed by atoms with Gasteiger partial charge < -0.3 is 30.0 Å². The molecule has 0 aromatic heterocycles. The molecule has 52 heavy (non-hydrogen) atoms. The zero-order valence-corrected chi connectivity index (χ0v) is 35.2. The largest absolute Gasteiger partial charge is 0.472 e. The van der Waals surface area contributed by atoms with Crippen LogP contribution in [0, 0.1) is 0 Å². The van der Waals surface area contributed by atoms with Gasteiger partial charge >= 0.3 is 7.82 Å². The van der Waals surface area contributed by atoms with Gasteiger partial charge in [-0.1, -0.05) is 148 Å². The Hall–Kier alpha value is -0.840. The summed E-state index contributed by atoms with van der Waals surface area (Å²) in [6, 6.07) is -0.814. The number of nitrogens with one attached hydrogen (secondary N) is 1. The molecule has 0 spiro atoms. The maximum absolute atomic E-state index is 12.9.